The number of hydrogen-bond acceptors (Lipinski definition) is 4. The summed E-state index contributed by atoms with van der Waals surface area (Å²) in [5.41, 5.74) is 2.03. The second kappa shape index (κ2) is 7.02. The zero-order valence-corrected chi connectivity index (χ0v) is 13.2. The molecule has 1 amide bonds. The van der Waals surface area contributed by atoms with E-state index >= 15 is 0 Å². The Bertz CT molecular complexity index is 837. The van der Waals surface area contributed by atoms with Gasteiger partial charge in [-0.15, -0.1) is 0 Å². The molecule has 2 aromatic carbocycles. The first-order valence-electron chi connectivity index (χ1n) is 7.45. The lowest BCUT2D eigenvalue weighted by atomic mass is 10.1. The maximum atomic E-state index is 12.3. The van der Waals surface area contributed by atoms with Gasteiger partial charge in [0, 0.05) is 16.8 Å². The molecule has 0 aliphatic rings. The molecular weight excluding hydrogens is 306 g/mol. The Hall–Kier alpha value is -3.05. The van der Waals surface area contributed by atoms with E-state index in [4.69, 9.17) is 14.3 Å². The van der Waals surface area contributed by atoms with Crippen LogP contribution in [0.15, 0.2) is 65.1 Å². The summed E-state index contributed by atoms with van der Waals surface area (Å²) in [7, 11) is 1.58. The number of hydrogen-bond donors (Lipinski definition) is 2. The Morgan fingerprint density at radius 3 is 2.58 bits per heavy atom. The van der Waals surface area contributed by atoms with Crippen molar-refractivity contribution in [3.63, 3.8) is 0 Å². The molecule has 5 heteroatoms. The molecule has 0 unspecified atom stereocenters. The summed E-state index contributed by atoms with van der Waals surface area (Å²) in [5.74, 6) is 1.63. The number of anilines is 1. The van der Waals surface area contributed by atoms with Crippen molar-refractivity contribution in [2.24, 2.45) is 0 Å². The Morgan fingerprint density at radius 2 is 1.92 bits per heavy atom. The number of ether oxygens (including phenoxy) is 1. The highest BCUT2D eigenvalue weighted by atomic mass is 16.5. The van der Waals surface area contributed by atoms with Gasteiger partial charge in [-0.1, -0.05) is 12.1 Å². The molecule has 0 atom stereocenters. The van der Waals surface area contributed by atoms with Gasteiger partial charge in [0.1, 0.15) is 23.9 Å². The van der Waals surface area contributed by atoms with Crippen molar-refractivity contribution in [2.75, 3.05) is 12.4 Å². The fourth-order valence-corrected chi connectivity index (χ4v) is 2.31. The van der Waals surface area contributed by atoms with Crippen LogP contribution in [0.3, 0.4) is 0 Å². The first kappa shape index (κ1) is 15.8. The van der Waals surface area contributed by atoms with E-state index in [0.29, 0.717) is 28.5 Å². The van der Waals surface area contributed by atoms with Crippen molar-refractivity contribution in [1.29, 1.82) is 0 Å². The summed E-state index contributed by atoms with van der Waals surface area (Å²) in [6.07, 6.45) is 0. The molecule has 0 aliphatic heterocycles. The first-order chi connectivity index (χ1) is 11.7. The van der Waals surface area contributed by atoms with E-state index in [1.54, 1.807) is 49.6 Å². The number of furan rings is 1. The highest BCUT2D eigenvalue weighted by molar-refractivity contribution is 6.04. The molecule has 122 valence electrons. The molecule has 1 aromatic heterocycles. The summed E-state index contributed by atoms with van der Waals surface area (Å²) >= 11 is 0. The molecule has 0 saturated carbocycles. The van der Waals surface area contributed by atoms with Crippen LogP contribution in [-0.4, -0.2) is 18.1 Å². The molecule has 0 radical (unpaired) electrons. The summed E-state index contributed by atoms with van der Waals surface area (Å²) in [4.78, 5) is 12.3. The number of aliphatic hydroxyl groups is 1. The van der Waals surface area contributed by atoms with E-state index in [0.717, 1.165) is 5.56 Å². The van der Waals surface area contributed by atoms with E-state index in [1.807, 2.05) is 18.2 Å². The van der Waals surface area contributed by atoms with Gasteiger partial charge < -0.3 is 19.6 Å². The number of amides is 1. The van der Waals surface area contributed by atoms with Crippen molar-refractivity contribution in [3.05, 3.63) is 72.0 Å². The van der Waals surface area contributed by atoms with Gasteiger partial charge in [-0.25, -0.2) is 0 Å². The molecular formula is C19H17NO4. The van der Waals surface area contributed by atoms with Crippen LogP contribution in [0, 0.1) is 0 Å². The van der Waals surface area contributed by atoms with E-state index < -0.39 is 0 Å². The number of nitrogens with one attached hydrogen (secondary N) is 1. The standard InChI is InChI=1S/C19H17NO4/c1-23-16-7-5-13(6-8-16)19(22)20-15-4-2-3-14(11-15)18-10-9-17(12-21)24-18/h2-11,21H,12H2,1H3,(H,20,22). The molecule has 3 rings (SSSR count). The van der Waals surface area contributed by atoms with Crippen LogP contribution in [0.4, 0.5) is 5.69 Å². The summed E-state index contributed by atoms with van der Waals surface area (Å²) in [6, 6.07) is 17.7. The average Bonchev–Trinajstić information content (AvgIpc) is 3.11. The second-order valence-corrected chi connectivity index (χ2v) is 5.19. The van der Waals surface area contributed by atoms with Crippen molar-refractivity contribution in [1.82, 2.24) is 0 Å². The van der Waals surface area contributed by atoms with Gasteiger partial charge in [0.25, 0.3) is 5.91 Å². The van der Waals surface area contributed by atoms with Gasteiger partial charge in [-0.05, 0) is 48.5 Å². The Kier molecular flexibility index (Phi) is 4.63. The Labute approximate surface area is 139 Å². The number of methoxy groups -OCH3 is 1. The molecule has 0 saturated heterocycles. The zero-order chi connectivity index (χ0) is 16.9. The van der Waals surface area contributed by atoms with Gasteiger partial charge in [0.05, 0.1) is 7.11 Å². The van der Waals surface area contributed by atoms with Gasteiger partial charge in [0.15, 0.2) is 0 Å². The maximum Gasteiger partial charge on any atom is 0.255 e. The van der Waals surface area contributed by atoms with E-state index in [2.05, 4.69) is 5.32 Å². The van der Waals surface area contributed by atoms with Crippen LogP contribution in [-0.2, 0) is 6.61 Å². The van der Waals surface area contributed by atoms with Crippen molar-refractivity contribution >= 4 is 11.6 Å². The minimum atomic E-state index is -0.203. The smallest absolute Gasteiger partial charge is 0.255 e. The van der Waals surface area contributed by atoms with Crippen LogP contribution >= 0.6 is 0 Å². The second-order valence-electron chi connectivity index (χ2n) is 5.19. The molecule has 5 nitrogen and oxygen atoms in total. The number of aliphatic hydroxyl groups excluding tert-OH is 1. The van der Waals surface area contributed by atoms with Crippen molar-refractivity contribution in [2.45, 2.75) is 6.61 Å². The van der Waals surface area contributed by atoms with Gasteiger partial charge in [-0.3, -0.25) is 4.79 Å². The van der Waals surface area contributed by atoms with Crippen LogP contribution in [0.1, 0.15) is 16.1 Å². The highest BCUT2D eigenvalue weighted by Crippen LogP contribution is 2.25. The molecule has 0 fully saturated rings. The largest absolute Gasteiger partial charge is 0.497 e. The number of benzene rings is 2. The fourth-order valence-electron chi connectivity index (χ4n) is 2.31. The van der Waals surface area contributed by atoms with E-state index in [-0.39, 0.29) is 12.5 Å². The lowest BCUT2D eigenvalue weighted by Crippen LogP contribution is -2.11. The number of rotatable bonds is 5. The van der Waals surface area contributed by atoms with E-state index in [1.165, 1.54) is 0 Å². The molecule has 1 heterocycles. The molecule has 3 aromatic rings. The van der Waals surface area contributed by atoms with Crippen molar-refractivity contribution in [3.8, 4) is 17.1 Å². The number of carbonyl (C=O) groups excluding carboxylic acids is 1. The average molecular weight is 323 g/mol. The lowest BCUT2D eigenvalue weighted by molar-refractivity contribution is 0.102. The molecule has 0 bridgehead atoms. The number of carbonyl (C=O) groups is 1. The van der Waals surface area contributed by atoms with Gasteiger partial charge in [0.2, 0.25) is 0 Å². The lowest BCUT2D eigenvalue weighted by Gasteiger charge is -2.07. The molecule has 2 N–H and O–H groups in total. The quantitative estimate of drug-likeness (QED) is 0.751. The van der Waals surface area contributed by atoms with Crippen LogP contribution < -0.4 is 10.1 Å². The molecule has 0 spiro atoms. The van der Waals surface area contributed by atoms with Gasteiger partial charge in [-0.2, -0.15) is 0 Å². The first-order valence-corrected chi connectivity index (χ1v) is 7.45. The predicted octanol–water partition coefficient (Wildman–Crippen LogP) is 3.70. The topological polar surface area (TPSA) is 71.7 Å². The van der Waals surface area contributed by atoms with Crippen LogP contribution in [0.5, 0.6) is 5.75 Å². The molecule has 24 heavy (non-hydrogen) atoms. The zero-order valence-electron chi connectivity index (χ0n) is 13.2. The SMILES string of the molecule is COc1ccc(C(=O)Nc2cccc(-c3ccc(CO)o3)c2)cc1. The predicted molar refractivity (Wildman–Crippen MR) is 91.0 cm³/mol. The minimum Gasteiger partial charge on any atom is -0.497 e. The summed E-state index contributed by atoms with van der Waals surface area (Å²) < 4.78 is 10.6. The van der Waals surface area contributed by atoms with Crippen LogP contribution in [0.2, 0.25) is 0 Å². The maximum absolute atomic E-state index is 12.3. The van der Waals surface area contributed by atoms with Crippen molar-refractivity contribution < 1.29 is 19.1 Å². The van der Waals surface area contributed by atoms with Crippen LogP contribution in [0.25, 0.3) is 11.3 Å². The monoisotopic (exact) mass is 323 g/mol. The summed E-state index contributed by atoms with van der Waals surface area (Å²) in [6.45, 7) is -0.145. The van der Waals surface area contributed by atoms with E-state index in [9.17, 15) is 4.79 Å². The minimum absolute atomic E-state index is 0.145. The fraction of sp³-hybridized carbons (Fsp3) is 0.105. The van der Waals surface area contributed by atoms with Gasteiger partial charge >= 0.3 is 0 Å². The third-order valence-corrected chi connectivity index (χ3v) is 3.57. The Balaban J connectivity index is 1.77. The third kappa shape index (κ3) is 3.47. The third-order valence-electron chi connectivity index (χ3n) is 3.57. The highest BCUT2D eigenvalue weighted by Gasteiger charge is 2.09. The normalized spacial score (nSPS) is 10.4. The summed E-state index contributed by atoms with van der Waals surface area (Å²) in [5, 5.41) is 11.9. The Morgan fingerprint density at radius 1 is 1.12 bits per heavy atom. The molecule has 0 aliphatic carbocycles.